The van der Waals surface area contributed by atoms with Crippen molar-refractivity contribution >= 4 is 163 Å². The van der Waals surface area contributed by atoms with Gasteiger partial charge in [-0.2, -0.15) is 15.0 Å². The number of rotatable bonds is 29. The number of nitrogens with zero attached hydrogens (tertiary/aromatic N) is 12. The first-order valence-electron chi connectivity index (χ1n) is 42.2. The number of benzene rings is 6. The molecule has 9 aromatic rings. The summed E-state index contributed by atoms with van der Waals surface area (Å²) < 4.78 is 95.9. The Morgan fingerprint density at radius 1 is 0.406 bits per heavy atom. The average molecular weight is 1870 g/mol. The molecule has 0 saturated carbocycles. The molecule has 6 aliphatic rings. The maximum atomic E-state index is 13.5. The monoisotopic (exact) mass is 1870 g/mol. The van der Waals surface area contributed by atoms with Crippen molar-refractivity contribution in [2.45, 2.75) is 182 Å². The normalized spacial score (nSPS) is 16.9. The third-order valence-electron chi connectivity index (χ3n) is 22.2. The fourth-order valence-electron chi connectivity index (χ4n) is 15.5. The van der Waals surface area contributed by atoms with Gasteiger partial charge < -0.3 is 65.9 Å². The van der Waals surface area contributed by atoms with Gasteiger partial charge in [0.05, 0.1) is 142 Å². The number of aromatic nitrogens is 6. The van der Waals surface area contributed by atoms with Crippen molar-refractivity contribution in [1.82, 2.24) is 59.3 Å². The second-order valence-corrected chi connectivity index (χ2v) is 42.2. The summed E-state index contributed by atoms with van der Waals surface area (Å²) in [7, 11) is -6.69. The Kier molecular flexibility index (Phi) is 29.3. The number of fused-ring (bicyclic) bond motifs is 3. The lowest BCUT2D eigenvalue weighted by Crippen LogP contribution is -2.43. The largest absolute Gasteiger partial charge is 0.489 e. The molecule has 3 aromatic heterocycles. The highest BCUT2D eigenvalue weighted by atomic mass is 35.5. The van der Waals surface area contributed by atoms with Gasteiger partial charge in [-0.15, -0.1) is 0 Å². The van der Waals surface area contributed by atoms with E-state index in [2.05, 4.69) is 78.7 Å². The van der Waals surface area contributed by atoms with Gasteiger partial charge in [-0.25, -0.2) is 40.2 Å². The molecule has 5 amide bonds. The fraction of sp³-hybridized carbons (Fsp3) is 0.404. The maximum absolute atomic E-state index is 13.5. The molecule has 680 valence electrons. The number of carbonyl (C=O) groups is 5. The van der Waals surface area contributed by atoms with E-state index in [1.165, 1.54) is 40.5 Å². The van der Waals surface area contributed by atoms with Crippen molar-refractivity contribution in [2.24, 2.45) is 0 Å². The first kappa shape index (κ1) is 94.7. The van der Waals surface area contributed by atoms with E-state index in [1.54, 1.807) is 133 Å². The van der Waals surface area contributed by atoms with E-state index < -0.39 is 51.2 Å². The molecule has 0 bridgehead atoms. The number of hydrogen-bond acceptors (Lipinski definition) is 30. The number of sulfone groups is 3. The van der Waals surface area contributed by atoms with Gasteiger partial charge in [0.1, 0.15) is 32.3 Å². The molecule has 33 nitrogen and oxygen atoms in total. The van der Waals surface area contributed by atoms with Crippen LogP contribution < -0.4 is 46.1 Å². The number of hydrogen-bond donors (Lipinski definition) is 7. The number of likely N-dealkylation sites (tertiary alicyclic amines) is 3. The molecular weight excluding hydrogens is 1760 g/mol. The second-order valence-electron chi connectivity index (χ2n) is 33.6. The Morgan fingerprint density at radius 3 is 1.09 bits per heavy atom. The lowest BCUT2D eigenvalue weighted by atomic mass is 10.0. The third-order valence-corrected chi connectivity index (χ3v) is 29.7. The number of β-amino-alcohol motifs (C(OH)–C–C–N with tert-alkyl or cyclic N) is 1. The summed E-state index contributed by atoms with van der Waals surface area (Å²) in [5.41, 5.74) is 4.91. The molecule has 0 radical (unpaired) electrons. The van der Waals surface area contributed by atoms with Gasteiger partial charge in [-0.3, -0.25) is 38.7 Å². The number of aliphatic hydroxyl groups is 1. The first-order chi connectivity index (χ1) is 60.7. The zero-order chi connectivity index (χ0) is 92.3. The summed E-state index contributed by atoms with van der Waals surface area (Å²) in [5.74, 6) is 0.811. The van der Waals surface area contributed by atoms with Crippen LogP contribution in [0.2, 0.25) is 15.1 Å². The number of amides is 5. The van der Waals surface area contributed by atoms with Crippen LogP contribution in [-0.2, 0) is 36.1 Å². The number of nitrogens with one attached hydrogen (secondary N) is 6. The number of aliphatic hydroxyl groups excluding tert-OH is 1. The zero-order valence-corrected chi connectivity index (χ0v) is 78.1. The van der Waals surface area contributed by atoms with Gasteiger partial charge >= 0.3 is 0 Å². The van der Waals surface area contributed by atoms with E-state index >= 15 is 0 Å². The number of piperidine rings is 1. The van der Waals surface area contributed by atoms with Crippen molar-refractivity contribution in [3.63, 3.8) is 0 Å². The highest BCUT2D eigenvalue weighted by Gasteiger charge is 2.46. The highest BCUT2D eigenvalue weighted by molar-refractivity contribution is 7.92. The molecule has 128 heavy (non-hydrogen) atoms. The minimum absolute atomic E-state index is 0.00727. The van der Waals surface area contributed by atoms with Crippen LogP contribution in [0, 0.1) is 0 Å². The lowest BCUT2D eigenvalue weighted by molar-refractivity contribution is 0.0572. The third kappa shape index (κ3) is 20.8. The topological polar surface area (TPSA) is 405 Å². The predicted molar refractivity (Wildman–Crippen MR) is 493 cm³/mol. The van der Waals surface area contributed by atoms with Gasteiger partial charge in [-0.1, -0.05) is 71.2 Å². The molecule has 7 N–H and O–H groups in total. The Morgan fingerprint density at radius 2 is 0.734 bits per heavy atom. The fourth-order valence-corrected chi connectivity index (χ4v) is 19.6. The van der Waals surface area contributed by atoms with Crippen LogP contribution in [0.3, 0.4) is 0 Å². The van der Waals surface area contributed by atoms with Gasteiger partial charge in [0.15, 0.2) is 47.0 Å². The minimum Gasteiger partial charge on any atom is -0.489 e. The van der Waals surface area contributed by atoms with Gasteiger partial charge in [0.2, 0.25) is 17.8 Å². The summed E-state index contributed by atoms with van der Waals surface area (Å²) in [6.45, 7) is 26.6. The Balaban J connectivity index is 0.000000164. The van der Waals surface area contributed by atoms with E-state index in [9.17, 15) is 54.3 Å². The number of imide groups is 2. The number of carbonyl (C=O) groups excluding carboxylic acids is 5. The van der Waals surface area contributed by atoms with E-state index in [0.29, 0.717) is 96.1 Å². The average Bonchev–Trinajstić information content (AvgIpc) is 1.61. The number of halogens is 3. The number of anilines is 12. The molecular formula is C89H105Cl3N18O15S3. The second kappa shape index (κ2) is 39.6. The smallest absolute Gasteiger partial charge is 0.261 e. The Hall–Kier alpha value is -10.9. The Labute approximate surface area is 760 Å². The summed E-state index contributed by atoms with van der Waals surface area (Å²) in [5, 5.41) is 26.5. The van der Waals surface area contributed by atoms with Crippen molar-refractivity contribution in [3.8, 4) is 17.2 Å². The Bertz CT molecular complexity index is 6110. The predicted octanol–water partition coefficient (Wildman–Crippen LogP) is 14.8. The van der Waals surface area contributed by atoms with Crippen molar-refractivity contribution in [2.75, 3.05) is 98.4 Å². The molecule has 0 unspecified atom stereocenters. The number of ether oxygens (including phenoxy) is 3. The molecule has 9 heterocycles. The molecule has 0 spiro atoms. The van der Waals surface area contributed by atoms with Gasteiger partial charge in [0.25, 0.3) is 29.5 Å². The van der Waals surface area contributed by atoms with E-state index in [1.807, 2.05) is 64.5 Å². The SMILES string of the molecule is CC(C)Oc1cc2c(cc1Nc1ncc(Cl)c(Nc3ccccc3S(=O)(=O)C(C)C)n1)C(=O)N(C1CCN(C)CC1)C2.CC(C)Oc1cc2c(cc1Nc1ncc(Cl)c(Nc3ccccc3S(=O)(=O)C(C)C)n1)C(=O)N([C@H]1CCN(C)C1)C2=O.CC(C)Oc1cc2c(cc1Nc1ncc(Cl)c(Nc3ccccc3S(=O)(=O)C(C)C)n1)C(=O)N([C@H]1CCN(CCO)C1)C2=O. The molecule has 0 aliphatic carbocycles. The lowest BCUT2D eigenvalue weighted by Gasteiger charge is -2.34. The number of para-hydroxylation sites is 3. The van der Waals surface area contributed by atoms with Crippen LogP contribution in [0.25, 0.3) is 0 Å². The van der Waals surface area contributed by atoms with E-state index in [4.69, 9.17) is 49.0 Å². The van der Waals surface area contributed by atoms with Gasteiger partial charge in [0, 0.05) is 44.3 Å². The first-order valence-corrected chi connectivity index (χ1v) is 48.0. The summed E-state index contributed by atoms with van der Waals surface area (Å²) >= 11 is 19.2. The van der Waals surface area contributed by atoms with Crippen LogP contribution in [0.4, 0.5) is 69.4 Å². The minimum atomic E-state index is -3.61. The van der Waals surface area contributed by atoms with Crippen molar-refractivity contribution in [3.05, 3.63) is 176 Å². The van der Waals surface area contributed by atoms with Crippen LogP contribution in [0.1, 0.15) is 166 Å². The van der Waals surface area contributed by atoms with Crippen molar-refractivity contribution < 1.29 is 68.5 Å². The summed E-state index contributed by atoms with van der Waals surface area (Å²) in [6.07, 6.45) is 6.85. The molecule has 6 aliphatic heterocycles. The summed E-state index contributed by atoms with van der Waals surface area (Å²) in [6, 6.07) is 29.4. The molecule has 15 rings (SSSR count). The highest BCUT2D eigenvalue weighted by Crippen LogP contribution is 2.44. The maximum Gasteiger partial charge on any atom is 0.261 e. The molecule has 6 aromatic carbocycles. The van der Waals surface area contributed by atoms with Gasteiger partial charge in [-0.05, 0) is 221 Å². The molecule has 3 saturated heterocycles. The van der Waals surface area contributed by atoms with E-state index in [0.717, 1.165) is 44.5 Å². The number of likely N-dealkylation sites (N-methyl/N-ethyl adjacent to an activating group) is 1. The molecule has 3 fully saturated rings. The van der Waals surface area contributed by atoms with Crippen LogP contribution in [0.15, 0.2) is 142 Å². The zero-order valence-electron chi connectivity index (χ0n) is 73.4. The molecule has 2 atom stereocenters. The van der Waals surface area contributed by atoms with Crippen molar-refractivity contribution in [1.29, 1.82) is 0 Å². The van der Waals surface area contributed by atoms with Crippen LogP contribution >= 0.6 is 34.8 Å². The van der Waals surface area contributed by atoms with Crippen LogP contribution in [-0.4, -0.2) is 238 Å². The van der Waals surface area contributed by atoms with Crippen LogP contribution in [0.5, 0.6) is 17.2 Å². The molecule has 39 heteroatoms. The standard InChI is InChI=1S/C30H35ClN6O6S.C30H37ClN6O4S.C29H33ClN6O5S/c1-17(2)43-25-14-21-20(28(39)37(29(21)40)19-9-10-36(16-19)11-12-38)13-24(25)34-30-32-15-22(31)27(35-30)33-23-7-5-6-8-26(23)44(41,42)18(3)4;1-18(2)41-26-14-20-17-37(21-10-12-36(5)13-11-21)29(38)22(20)15-25(26)34-30-32-16-23(31)28(35-30)33-24-8-6-7-9-27(24)42(39,40)19(3)4;1-16(2)41-24-13-20-19(27(37)36(28(20)38)18-10-11-35(5)15-18)12-23(24)33-29-31-14-21(30)26(34-29)32-22-8-6-7-9-25(22)42(39,40)17(3)4/h5-8,13-15,17-19,38H,9-12,16H2,1-4H3,(H2,32,33,34,35);6-9,14-16,18-19,21H,10-13,17H2,1-5H3,(H2,32,33,34,35);6-9,12-14,16-18H,10-11,15H2,1-5H3,(H2,31,32,33,34)/t19-;;18-/m0.0/s1. The quantitative estimate of drug-likeness (QED) is 0.0214. The van der Waals surface area contributed by atoms with E-state index in [-0.39, 0.29) is 154 Å². The summed E-state index contributed by atoms with van der Waals surface area (Å²) in [4.78, 5) is 105.